The number of hydrogen-bond donors (Lipinski definition) is 1. The van der Waals surface area contributed by atoms with Crippen molar-refractivity contribution in [3.8, 4) is 0 Å². The van der Waals surface area contributed by atoms with E-state index in [1.54, 1.807) is 23.9 Å². The minimum atomic E-state index is -0.257. The van der Waals surface area contributed by atoms with Gasteiger partial charge < -0.3 is 14.5 Å². The van der Waals surface area contributed by atoms with Gasteiger partial charge in [-0.05, 0) is 24.3 Å². The van der Waals surface area contributed by atoms with Gasteiger partial charge in [-0.3, -0.25) is 4.90 Å². The van der Waals surface area contributed by atoms with Gasteiger partial charge in [0.2, 0.25) is 5.89 Å². The van der Waals surface area contributed by atoms with Crippen LogP contribution in [0.25, 0.3) is 0 Å². The van der Waals surface area contributed by atoms with Gasteiger partial charge in [0.15, 0.2) is 0 Å². The molecule has 0 saturated carbocycles. The SMILES string of the molecule is Fc1ccc(NCc2nnc(SCCN3CCOCC3)o2)cc1. The molecule has 0 unspecified atom stereocenters. The predicted molar refractivity (Wildman–Crippen MR) is 86.0 cm³/mol. The average molecular weight is 338 g/mol. The van der Waals surface area contributed by atoms with E-state index in [2.05, 4.69) is 20.4 Å². The molecule has 8 heteroatoms. The lowest BCUT2D eigenvalue weighted by molar-refractivity contribution is 0.0410. The molecule has 1 aromatic carbocycles. The van der Waals surface area contributed by atoms with Gasteiger partial charge in [0.1, 0.15) is 5.82 Å². The third kappa shape index (κ3) is 5.19. The maximum absolute atomic E-state index is 12.8. The molecule has 6 nitrogen and oxygen atoms in total. The first kappa shape index (κ1) is 16.2. The highest BCUT2D eigenvalue weighted by atomic mass is 32.2. The number of nitrogens with one attached hydrogen (secondary N) is 1. The molecule has 1 fully saturated rings. The van der Waals surface area contributed by atoms with E-state index in [1.165, 1.54) is 12.1 Å². The van der Waals surface area contributed by atoms with Crippen LogP contribution in [0.1, 0.15) is 5.89 Å². The van der Waals surface area contributed by atoms with Gasteiger partial charge in [-0.2, -0.15) is 0 Å². The number of hydrogen-bond acceptors (Lipinski definition) is 7. The molecule has 0 atom stereocenters. The normalized spacial score (nSPS) is 15.7. The van der Waals surface area contributed by atoms with Crippen LogP contribution in [0, 0.1) is 5.82 Å². The minimum absolute atomic E-state index is 0.257. The van der Waals surface area contributed by atoms with Gasteiger partial charge in [0.05, 0.1) is 19.8 Å². The van der Waals surface area contributed by atoms with Crippen LogP contribution in [0.3, 0.4) is 0 Å². The van der Waals surface area contributed by atoms with Crippen LogP contribution in [0.2, 0.25) is 0 Å². The third-order valence-corrected chi connectivity index (χ3v) is 4.27. The molecule has 0 spiro atoms. The van der Waals surface area contributed by atoms with E-state index in [-0.39, 0.29) is 5.82 Å². The zero-order valence-electron chi connectivity index (χ0n) is 12.7. The summed E-state index contributed by atoms with van der Waals surface area (Å²) >= 11 is 1.56. The number of nitrogens with zero attached hydrogens (tertiary/aromatic N) is 3. The second-order valence-electron chi connectivity index (χ2n) is 5.12. The van der Waals surface area contributed by atoms with Gasteiger partial charge >= 0.3 is 0 Å². The molecule has 1 N–H and O–H groups in total. The molecule has 2 heterocycles. The summed E-state index contributed by atoms with van der Waals surface area (Å²) < 4.78 is 23.7. The third-order valence-electron chi connectivity index (χ3n) is 3.47. The summed E-state index contributed by atoms with van der Waals surface area (Å²) in [5.41, 5.74) is 0.811. The fourth-order valence-corrected chi connectivity index (χ4v) is 2.98. The predicted octanol–water partition coefficient (Wildman–Crippen LogP) is 2.25. The van der Waals surface area contributed by atoms with Crippen molar-refractivity contribution in [2.24, 2.45) is 0 Å². The molecular formula is C15H19FN4O2S. The Kier molecular flexibility index (Phi) is 5.84. The highest BCUT2D eigenvalue weighted by Crippen LogP contribution is 2.17. The lowest BCUT2D eigenvalue weighted by Gasteiger charge is -2.25. The van der Waals surface area contributed by atoms with Gasteiger partial charge in [0.25, 0.3) is 5.22 Å². The van der Waals surface area contributed by atoms with E-state index in [4.69, 9.17) is 9.15 Å². The molecule has 1 aromatic heterocycles. The number of morpholine rings is 1. The first-order valence-electron chi connectivity index (χ1n) is 7.54. The number of thioether (sulfide) groups is 1. The van der Waals surface area contributed by atoms with E-state index >= 15 is 0 Å². The summed E-state index contributed by atoms with van der Waals surface area (Å²) in [6.45, 7) is 4.99. The first-order chi connectivity index (χ1) is 11.3. The highest BCUT2D eigenvalue weighted by Gasteiger charge is 2.11. The van der Waals surface area contributed by atoms with Crippen LogP contribution in [0.4, 0.5) is 10.1 Å². The monoisotopic (exact) mass is 338 g/mol. The Morgan fingerprint density at radius 3 is 2.74 bits per heavy atom. The maximum atomic E-state index is 12.8. The van der Waals surface area contributed by atoms with Crippen LogP contribution < -0.4 is 5.32 Å². The number of anilines is 1. The molecule has 23 heavy (non-hydrogen) atoms. The van der Waals surface area contributed by atoms with Crippen LogP contribution >= 0.6 is 11.8 Å². The zero-order valence-corrected chi connectivity index (χ0v) is 13.5. The van der Waals surface area contributed by atoms with Crippen molar-refractivity contribution in [2.45, 2.75) is 11.8 Å². The quantitative estimate of drug-likeness (QED) is 0.777. The lowest BCUT2D eigenvalue weighted by Crippen LogP contribution is -2.37. The summed E-state index contributed by atoms with van der Waals surface area (Å²) in [6.07, 6.45) is 0. The standard InChI is InChI=1S/C15H19FN4O2S/c16-12-1-3-13(4-2-12)17-11-14-18-19-15(22-14)23-10-7-20-5-8-21-9-6-20/h1-4,17H,5-11H2. The first-order valence-corrected chi connectivity index (χ1v) is 8.53. The molecule has 0 radical (unpaired) electrons. The summed E-state index contributed by atoms with van der Waals surface area (Å²) in [5, 5.41) is 11.7. The van der Waals surface area contributed by atoms with Crippen LogP contribution in [-0.2, 0) is 11.3 Å². The molecule has 2 aromatic rings. The van der Waals surface area contributed by atoms with Crippen LogP contribution in [-0.4, -0.2) is 53.7 Å². The van der Waals surface area contributed by atoms with Crippen molar-refractivity contribution in [3.63, 3.8) is 0 Å². The lowest BCUT2D eigenvalue weighted by atomic mass is 10.3. The fourth-order valence-electron chi connectivity index (χ4n) is 2.20. The number of benzene rings is 1. The van der Waals surface area contributed by atoms with E-state index in [1.807, 2.05) is 0 Å². The molecule has 124 valence electrons. The summed E-state index contributed by atoms with van der Waals surface area (Å²) in [7, 11) is 0. The maximum Gasteiger partial charge on any atom is 0.276 e. The molecular weight excluding hydrogens is 319 g/mol. The number of halogens is 1. The van der Waals surface area contributed by atoms with Crippen molar-refractivity contribution in [2.75, 3.05) is 43.9 Å². The van der Waals surface area contributed by atoms with E-state index in [0.717, 1.165) is 44.3 Å². The largest absolute Gasteiger partial charge is 0.414 e. The molecule has 0 aliphatic carbocycles. The number of rotatable bonds is 7. The highest BCUT2D eigenvalue weighted by molar-refractivity contribution is 7.99. The topological polar surface area (TPSA) is 63.4 Å². The van der Waals surface area contributed by atoms with Gasteiger partial charge in [-0.25, -0.2) is 4.39 Å². The summed E-state index contributed by atoms with van der Waals surface area (Å²) in [4.78, 5) is 2.36. The Morgan fingerprint density at radius 2 is 1.96 bits per heavy atom. The molecule has 1 saturated heterocycles. The van der Waals surface area contributed by atoms with Gasteiger partial charge in [-0.15, -0.1) is 10.2 Å². The molecule has 3 rings (SSSR count). The molecule has 1 aliphatic rings. The second kappa shape index (κ2) is 8.28. The van der Waals surface area contributed by atoms with Crippen molar-refractivity contribution in [1.82, 2.24) is 15.1 Å². The molecule has 1 aliphatic heterocycles. The Bertz CT molecular complexity index is 602. The van der Waals surface area contributed by atoms with Gasteiger partial charge in [0, 0.05) is 31.1 Å². The van der Waals surface area contributed by atoms with Crippen molar-refractivity contribution in [1.29, 1.82) is 0 Å². The Balaban J connectivity index is 1.39. The second-order valence-corrected chi connectivity index (χ2v) is 6.17. The molecule has 0 amide bonds. The number of aromatic nitrogens is 2. The van der Waals surface area contributed by atoms with Crippen LogP contribution in [0.5, 0.6) is 0 Å². The van der Waals surface area contributed by atoms with Crippen molar-refractivity contribution >= 4 is 17.4 Å². The summed E-state index contributed by atoms with van der Waals surface area (Å²) in [6, 6.07) is 6.15. The van der Waals surface area contributed by atoms with Crippen molar-refractivity contribution < 1.29 is 13.5 Å². The smallest absolute Gasteiger partial charge is 0.276 e. The van der Waals surface area contributed by atoms with E-state index < -0.39 is 0 Å². The van der Waals surface area contributed by atoms with Gasteiger partial charge in [-0.1, -0.05) is 11.8 Å². The molecule has 0 bridgehead atoms. The van der Waals surface area contributed by atoms with E-state index in [9.17, 15) is 4.39 Å². The van der Waals surface area contributed by atoms with Crippen molar-refractivity contribution in [3.05, 3.63) is 36.0 Å². The Hall–Kier alpha value is -1.64. The minimum Gasteiger partial charge on any atom is -0.414 e. The Labute approximate surface area is 138 Å². The average Bonchev–Trinajstić information content (AvgIpc) is 3.03. The Morgan fingerprint density at radius 1 is 1.17 bits per heavy atom. The fraction of sp³-hybridized carbons (Fsp3) is 0.467. The number of ether oxygens (including phenoxy) is 1. The van der Waals surface area contributed by atoms with Crippen LogP contribution in [0.15, 0.2) is 33.9 Å². The summed E-state index contributed by atoms with van der Waals surface area (Å²) in [5.74, 6) is 1.17. The zero-order chi connectivity index (χ0) is 15.9. The van der Waals surface area contributed by atoms with E-state index in [0.29, 0.717) is 17.7 Å².